The molecule has 0 radical (unpaired) electrons. The molecule has 3 rings (SSSR count). The molecule has 1 saturated heterocycles. The average molecular weight is 586 g/mol. The molecule has 0 spiro atoms. The summed E-state index contributed by atoms with van der Waals surface area (Å²) in [6, 6.07) is 9.12. The Labute approximate surface area is 249 Å². The van der Waals surface area contributed by atoms with E-state index in [4.69, 9.17) is 20.9 Å². The van der Waals surface area contributed by atoms with Gasteiger partial charge in [-0.3, -0.25) is 19.4 Å². The van der Waals surface area contributed by atoms with Gasteiger partial charge < -0.3 is 36.5 Å². The van der Waals surface area contributed by atoms with E-state index in [1.165, 1.54) is 12.5 Å². The molecule has 232 valence electrons. The summed E-state index contributed by atoms with van der Waals surface area (Å²) in [5.74, 6) is -0.639. The second kappa shape index (κ2) is 20.8. The highest BCUT2D eigenvalue weighted by molar-refractivity contribution is 5.97. The second-order valence-corrected chi connectivity index (χ2v) is 9.90. The van der Waals surface area contributed by atoms with Crippen molar-refractivity contribution in [3.05, 3.63) is 59.9 Å². The number of hydrogen-bond acceptors (Lipinski definition) is 8. The highest BCUT2D eigenvalue weighted by Gasteiger charge is 2.20. The van der Waals surface area contributed by atoms with Gasteiger partial charge in [0.15, 0.2) is 5.96 Å². The predicted molar refractivity (Wildman–Crippen MR) is 164 cm³/mol. The fraction of sp³-hybridized carbons (Fsp3) is 0.500. The van der Waals surface area contributed by atoms with Crippen LogP contribution in [0.25, 0.3) is 0 Å². The lowest BCUT2D eigenvalue weighted by atomic mass is 10.1. The molecule has 1 aliphatic heterocycles. The number of hydrogen-bond donors (Lipinski definition) is 4. The van der Waals surface area contributed by atoms with Crippen LogP contribution in [-0.2, 0) is 19.1 Å². The standard InChI is InChI=1S/C20H24N6O4.C5H11NO.C5H12/c1-2-30-18(28)10-16(14-6-4-8-23-11-14)26-17(27)12-24-19(29)13-5-3-7-15(9-13)25-20(21)22;1-6-2-4-7-5-3-6;1-4-5(2)3/h3-9,11,16H,2,10,12H2,1H3,(H,24,29)(H,26,27)(H4,21,22,25);2-5H2,1H3;5H,4H2,1-3H3. The van der Waals surface area contributed by atoms with Crippen molar-refractivity contribution < 1.29 is 23.9 Å². The molecule has 1 unspecified atom stereocenters. The molecule has 1 aromatic heterocycles. The molecule has 6 N–H and O–H groups in total. The zero-order chi connectivity index (χ0) is 31.3. The number of esters is 1. The molecule has 42 heavy (non-hydrogen) atoms. The molecular weight excluding hydrogens is 538 g/mol. The number of carbonyl (C=O) groups is 3. The summed E-state index contributed by atoms with van der Waals surface area (Å²) in [6.07, 6.45) is 4.39. The number of nitrogens with two attached hydrogens (primary N) is 2. The van der Waals surface area contributed by atoms with Crippen molar-refractivity contribution in [2.24, 2.45) is 22.4 Å². The fourth-order valence-electron chi connectivity index (χ4n) is 3.25. The average Bonchev–Trinajstić information content (AvgIpc) is 2.97. The Morgan fingerprint density at radius 2 is 1.81 bits per heavy atom. The number of carbonyl (C=O) groups excluding carboxylic acids is 3. The first kappa shape index (κ1) is 36.0. The van der Waals surface area contributed by atoms with Crippen LogP contribution >= 0.6 is 0 Å². The molecule has 2 amide bonds. The molecule has 1 atom stereocenters. The molecule has 12 nitrogen and oxygen atoms in total. The summed E-state index contributed by atoms with van der Waals surface area (Å²) in [5.41, 5.74) is 12.0. The third kappa shape index (κ3) is 16.3. The Morgan fingerprint density at radius 1 is 1.12 bits per heavy atom. The maximum Gasteiger partial charge on any atom is 0.308 e. The SMILES string of the molecule is CCC(C)C.CCOC(=O)CC(NC(=O)CNC(=O)c1cccc(N=C(N)N)c1)c1cccnc1.CN1CCOCC1. The van der Waals surface area contributed by atoms with Gasteiger partial charge >= 0.3 is 5.97 Å². The second-order valence-electron chi connectivity index (χ2n) is 9.90. The minimum absolute atomic E-state index is 0.0558. The maximum atomic E-state index is 12.4. The van der Waals surface area contributed by atoms with E-state index in [-0.39, 0.29) is 25.5 Å². The summed E-state index contributed by atoms with van der Waals surface area (Å²) in [4.78, 5) is 46.7. The summed E-state index contributed by atoms with van der Waals surface area (Å²) in [7, 11) is 2.11. The first-order chi connectivity index (χ1) is 20.0. The van der Waals surface area contributed by atoms with E-state index in [1.807, 2.05) is 0 Å². The molecule has 2 aromatic rings. The molecule has 2 heterocycles. The van der Waals surface area contributed by atoms with Crippen molar-refractivity contribution >= 4 is 29.4 Å². The van der Waals surface area contributed by atoms with Gasteiger partial charge in [-0.1, -0.05) is 39.3 Å². The summed E-state index contributed by atoms with van der Waals surface area (Å²) in [5, 5.41) is 5.24. The summed E-state index contributed by atoms with van der Waals surface area (Å²) >= 11 is 0. The first-order valence-electron chi connectivity index (χ1n) is 14.1. The van der Waals surface area contributed by atoms with Gasteiger partial charge in [0.1, 0.15) is 0 Å². The third-order valence-electron chi connectivity index (χ3n) is 5.93. The minimum atomic E-state index is -0.632. The van der Waals surface area contributed by atoms with E-state index in [2.05, 4.69) is 53.3 Å². The number of morpholine rings is 1. The van der Waals surface area contributed by atoms with Crippen LogP contribution in [0.3, 0.4) is 0 Å². The lowest BCUT2D eigenvalue weighted by molar-refractivity contribution is -0.143. The Kier molecular flexibility index (Phi) is 17.8. The van der Waals surface area contributed by atoms with Crippen LogP contribution < -0.4 is 22.1 Å². The number of likely N-dealkylation sites (N-methyl/N-ethyl adjacent to an activating group) is 1. The fourth-order valence-corrected chi connectivity index (χ4v) is 3.25. The minimum Gasteiger partial charge on any atom is -0.466 e. The summed E-state index contributed by atoms with van der Waals surface area (Å²) in [6.45, 7) is 12.3. The van der Waals surface area contributed by atoms with E-state index in [0.717, 1.165) is 32.2 Å². The number of pyridine rings is 1. The quantitative estimate of drug-likeness (QED) is 0.186. The van der Waals surface area contributed by atoms with E-state index in [9.17, 15) is 14.4 Å². The number of nitrogens with zero attached hydrogens (tertiary/aromatic N) is 3. The lowest BCUT2D eigenvalue weighted by Crippen LogP contribution is -2.39. The number of aromatic nitrogens is 1. The Bertz CT molecular complexity index is 1100. The van der Waals surface area contributed by atoms with Crippen LogP contribution in [0.2, 0.25) is 0 Å². The number of nitrogens with one attached hydrogen (secondary N) is 2. The highest BCUT2D eigenvalue weighted by atomic mass is 16.5. The number of aliphatic imine (C=N–C) groups is 1. The van der Waals surface area contributed by atoms with E-state index in [0.29, 0.717) is 16.8 Å². The number of amides is 2. The van der Waals surface area contributed by atoms with Crippen LogP contribution in [-0.4, -0.2) is 80.1 Å². The Balaban J connectivity index is 0.000000607. The molecule has 1 aromatic carbocycles. The van der Waals surface area contributed by atoms with Gasteiger partial charge in [0, 0.05) is 31.0 Å². The zero-order valence-electron chi connectivity index (χ0n) is 25.5. The number of benzene rings is 1. The van der Waals surface area contributed by atoms with Crippen molar-refractivity contribution in [2.45, 2.75) is 46.6 Å². The number of rotatable bonds is 10. The molecular formula is C30H47N7O5. The first-order valence-corrected chi connectivity index (χ1v) is 14.1. The van der Waals surface area contributed by atoms with Crippen LogP contribution in [0.5, 0.6) is 0 Å². The van der Waals surface area contributed by atoms with E-state index < -0.39 is 23.8 Å². The largest absolute Gasteiger partial charge is 0.466 e. The van der Waals surface area contributed by atoms with Crippen molar-refractivity contribution in [2.75, 3.05) is 46.5 Å². The van der Waals surface area contributed by atoms with Gasteiger partial charge in [-0.2, -0.15) is 0 Å². The van der Waals surface area contributed by atoms with Crippen LogP contribution in [0.1, 0.15) is 62.5 Å². The Morgan fingerprint density at radius 3 is 2.33 bits per heavy atom. The van der Waals surface area contributed by atoms with Crippen molar-refractivity contribution in [3.8, 4) is 0 Å². The molecule has 12 heteroatoms. The molecule has 1 aliphatic rings. The molecule has 1 fully saturated rings. The highest BCUT2D eigenvalue weighted by Crippen LogP contribution is 2.16. The van der Waals surface area contributed by atoms with E-state index in [1.54, 1.807) is 49.6 Å². The van der Waals surface area contributed by atoms with Crippen molar-refractivity contribution in [1.82, 2.24) is 20.5 Å². The van der Waals surface area contributed by atoms with Gasteiger partial charge in [0.2, 0.25) is 5.91 Å². The van der Waals surface area contributed by atoms with Gasteiger partial charge in [-0.15, -0.1) is 0 Å². The van der Waals surface area contributed by atoms with Gasteiger partial charge in [0.05, 0.1) is 44.5 Å². The number of guanidine groups is 1. The van der Waals surface area contributed by atoms with E-state index >= 15 is 0 Å². The zero-order valence-corrected chi connectivity index (χ0v) is 25.5. The van der Waals surface area contributed by atoms with Crippen molar-refractivity contribution in [3.63, 3.8) is 0 Å². The van der Waals surface area contributed by atoms with Gasteiger partial charge in [-0.25, -0.2) is 4.99 Å². The smallest absolute Gasteiger partial charge is 0.308 e. The Hall–Kier alpha value is -4.03. The van der Waals surface area contributed by atoms with Crippen LogP contribution in [0.4, 0.5) is 5.69 Å². The van der Waals surface area contributed by atoms with Gasteiger partial charge in [0.25, 0.3) is 5.91 Å². The number of ether oxygens (including phenoxy) is 2. The molecule has 0 bridgehead atoms. The molecule has 0 saturated carbocycles. The normalized spacial score (nSPS) is 13.3. The lowest BCUT2D eigenvalue weighted by Gasteiger charge is -2.21. The monoisotopic (exact) mass is 585 g/mol. The molecule has 0 aliphatic carbocycles. The van der Waals surface area contributed by atoms with Crippen LogP contribution in [0, 0.1) is 5.92 Å². The van der Waals surface area contributed by atoms with Gasteiger partial charge in [-0.05, 0) is 49.7 Å². The third-order valence-corrected chi connectivity index (χ3v) is 5.93. The maximum absolute atomic E-state index is 12.4. The van der Waals surface area contributed by atoms with Crippen LogP contribution in [0.15, 0.2) is 53.8 Å². The summed E-state index contributed by atoms with van der Waals surface area (Å²) < 4.78 is 10.1. The predicted octanol–water partition coefficient (Wildman–Crippen LogP) is 2.53. The van der Waals surface area contributed by atoms with Crippen molar-refractivity contribution in [1.29, 1.82) is 0 Å². The topological polar surface area (TPSA) is 174 Å².